The van der Waals surface area contributed by atoms with Crippen LogP contribution in [0.1, 0.15) is 25.8 Å². The molecule has 0 spiro atoms. The van der Waals surface area contributed by atoms with E-state index in [-0.39, 0.29) is 11.9 Å². The van der Waals surface area contributed by atoms with Gasteiger partial charge in [-0.25, -0.2) is 0 Å². The monoisotopic (exact) mass is 263 g/mol. The van der Waals surface area contributed by atoms with Crippen molar-refractivity contribution in [3.63, 3.8) is 0 Å². The van der Waals surface area contributed by atoms with E-state index in [0.717, 1.165) is 26.1 Å². The summed E-state index contributed by atoms with van der Waals surface area (Å²) in [4.78, 5) is 13.6. The molecule has 106 valence electrons. The summed E-state index contributed by atoms with van der Waals surface area (Å²) in [5, 5.41) is 3.12. The van der Waals surface area contributed by atoms with E-state index in [2.05, 4.69) is 48.3 Å². The summed E-state index contributed by atoms with van der Waals surface area (Å²) < 4.78 is 0. The molecule has 4 nitrogen and oxygen atoms in total. The van der Waals surface area contributed by atoms with Crippen LogP contribution in [0.15, 0.2) is 24.3 Å². The minimum absolute atomic E-state index is 0.246. The number of nitrogens with one attached hydrogen (secondary N) is 1. The van der Waals surface area contributed by atoms with Gasteiger partial charge in [0.15, 0.2) is 0 Å². The minimum atomic E-state index is -0.276. The molecule has 0 fully saturated rings. The highest BCUT2D eigenvalue weighted by molar-refractivity contribution is 5.79. The molecule has 0 radical (unpaired) electrons. The second-order valence-corrected chi connectivity index (χ2v) is 4.72. The number of nitrogens with zero attached hydrogens (tertiary/aromatic N) is 1. The summed E-state index contributed by atoms with van der Waals surface area (Å²) in [6.45, 7) is 8.68. The van der Waals surface area contributed by atoms with Gasteiger partial charge in [-0.05, 0) is 44.5 Å². The second-order valence-electron chi connectivity index (χ2n) is 4.72. The van der Waals surface area contributed by atoms with Gasteiger partial charge in [-0.2, -0.15) is 0 Å². The fourth-order valence-electron chi connectivity index (χ4n) is 2.17. The van der Waals surface area contributed by atoms with E-state index in [4.69, 9.17) is 5.73 Å². The molecule has 1 amide bonds. The van der Waals surface area contributed by atoms with Gasteiger partial charge in [-0.15, -0.1) is 0 Å². The molecule has 0 aliphatic carbocycles. The van der Waals surface area contributed by atoms with Crippen LogP contribution in [0.2, 0.25) is 0 Å². The standard InChI is InChI=1S/C15H25N3O/c1-4-17-14(15(16)19)9-10-18(5-2)13-8-6-7-12(3)11-13/h6-8,11,14,17H,4-5,9-10H2,1-3H3,(H2,16,19). The Morgan fingerprint density at radius 2 is 2.16 bits per heavy atom. The van der Waals surface area contributed by atoms with Crippen molar-refractivity contribution in [2.45, 2.75) is 33.2 Å². The van der Waals surface area contributed by atoms with Crippen molar-refractivity contribution in [1.29, 1.82) is 0 Å². The first-order valence-electron chi connectivity index (χ1n) is 6.92. The molecule has 0 saturated heterocycles. The maximum atomic E-state index is 11.3. The summed E-state index contributed by atoms with van der Waals surface area (Å²) in [5.74, 6) is -0.276. The number of carbonyl (C=O) groups is 1. The van der Waals surface area contributed by atoms with Gasteiger partial charge >= 0.3 is 0 Å². The predicted molar refractivity (Wildman–Crippen MR) is 80.3 cm³/mol. The number of likely N-dealkylation sites (N-methyl/N-ethyl adjacent to an activating group) is 1. The van der Waals surface area contributed by atoms with Crippen LogP contribution < -0.4 is 16.0 Å². The molecule has 19 heavy (non-hydrogen) atoms. The Morgan fingerprint density at radius 1 is 1.42 bits per heavy atom. The Labute approximate surface area is 116 Å². The number of hydrogen-bond donors (Lipinski definition) is 2. The lowest BCUT2D eigenvalue weighted by Gasteiger charge is -2.25. The Balaban J connectivity index is 2.64. The molecule has 0 aliphatic rings. The molecule has 0 heterocycles. The van der Waals surface area contributed by atoms with Crippen LogP contribution >= 0.6 is 0 Å². The number of carbonyl (C=O) groups excluding carboxylic acids is 1. The third-order valence-corrected chi connectivity index (χ3v) is 3.23. The number of anilines is 1. The molecule has 4 heteroatoms. The van der Waals surface area contributed by atoms with Gasteiger partial charge in [0.05, 0.1) is 6.04 Å². The quantitative estimate of drug-likeness (QED) is 0.750. The third kappa shape index (κ3) is 4.91. The molecule has 1 aromatic rings. The topological polar surface area (TPSA) is 58.4 Å². The highest BCUT2D eigenvalue weighted by Gasteiger charge is 2.15. The van der Waals surface area contributed by atoms with Gasteiger partial charge in [0, 0.05) is 18.8 Å². The number of benzene rings is 1. The van der Waals surface area contributed by atoms with Gasteiger partial charge in [0.25, 0.3) is 0 Å². The zero-order chi connectivity index (χ0) is 14.3. The average molecular weight is 263 g/mol. The van der Waals surface area contributed by atoms with Crippen LogP contribution in [0.5, 0.6) is 0 Å². The first kappa shape index (κ1) is 15.5. The van der Waals surface area contributed by atoms with E-state index in [1.54, 1.807) is 0 Å². The van der Waals surface area contributed by atoms with E-state index in [1.807, 2.05) is 6.92 Å². The zero-order valence-corrected chi connectivity index (χ0v) is 12.1. The summed E-state index contributed by atoms with van der Waals surface area (Å²) in [6, 6.07) is 8.16. The summed E-state index contributed by atoms with van der Waals surface area (Å²) in [6.07, 6.45) is 0.727. The van der Waals surface area contributed by atoms with Crippen LogP contribution in [0, 0.1) is 6.92 Å². The van der Waals surface area contributed by atoms with Gasteiger partial charge in [-0.3, -0.25) is 4.79 Å². The molecule has 1 atom stereocenters. The number of rotatable bonds is 8. The summed E-state index contributed by atoms with van der Waals surface area (Å²) in [7, 11) is 0. The van der Waals surface area contributed by atoms with Crippen LogP contribution in [0.3, 0.4) is 0 Å². The second kappa shape index (κ2) is 7.79. The Morgan fingerprint density at radius 3 is 2.68 bits per heavy atom. The summed E-state index contributed by atoms with van der Waals surface area (Å²) in [5.41, 5.74) is 7.83. The summed E-state index contributed by atoms with van der Waals surface area (Å²) >= 11 is 0. The molecule has 0 saturated carbocycles. The van der Waals surface area contributed by atoms with Gasteiger partial charge in [-0.1, -0.05) is 19.1 Å². The minimum Gasteiger partial charge on any atom is -0.372 e. The van der Waals surface area contributed by atoms with Gasteiger partial charge < -0.3 is 16.0 Å². The third-order valence-electron chi connectivity index (χ3n) is 3.23. The van der Waals surface area contributed by atoms with Gasteiger partial charge in [0.2, 0.25) is 5.91 Å². The zero-order valence-electron chi connectivity index (χ0n) is 12.1. The first-order chi connectivity index (χ1) is 9.08. The fourth-order valence-corrected chi connectivity index (χ4v) is 2.17. The maximum Gasteiger partial charge on any atom is 0.234 e. The van der Waals surface area contributed by atoms with Crippen LogP contribution in [-0.2, 0) is 4.79 Å². The Kier molecular flexibility index (Phi) is 6.36. The number of hydrogen-bond acceptors (Lipinski definition) is 3. The molecule has 0 aromatic heterocycles. The molecular weight excluding hydrogens is 238 g/mol. The number of amides is 1. The molecule has 0 bridgehead atoms. The van der Waals surface area contributed by atoms with E-state index in [0.29, 0.717) is 0 Å². The largest absolute Gasteiger partial charge is 0.372 e. The molecule has 0 aliphatic heterocycles. The van der Waals surface area contributed by atoms with E-state index >= 15 is 0 Å². The number of nitrogens with two attached hydrogens (primary N) is 1. The molecule has 1 rings (SSSR count). The Hall–Kier alpha value is -1.55. The van der Waals surface area contributed by atoms with E-state index in [1.165, 1.54) is 11.3 Å². The lowest BCUT2D eigenvalue weighted by atomic mass is 10.1. The van der Waals surface area contributed by atoms with E-state index < -0.39 is 0 Å². The lowest BCUT2D eigenvalue weighted by Crippen LogP contribution is -2.43. The maximum absolute atomic E-state index is 11.3. The predicted octanol–water partition coefficient (Wildman–Crippen LogP) is 1.67. The Bertz CT molecular complexity index is 406. The molecule has 3 N–H and O–H groups in total. The highest BCUT2D eigenvalue weighted by Crippen LogP contribution is 2.16. The van der Waals surface area contributed by atoms with Crippen molar-refractivity contribution in [2.24, 2.45) is 5.73 Å². The lowest BCUT2D eigenvalue weighted by molar-refractivity contribution is -0.120. The first-order valence-corrected chi connectivity index (χ1v) is 6.92. The van der Waals surface area contributed by atoms with Crippen molar-refractivity contribution >= 4 is 11.6 Å². The van der Waals surface area contributed by atoms with Crippen molar-refractivity contribution in [2.75, 3.05) is 24.5 Å². The van der Waals surface area contributed by atoms with Crippen LogP contribution in [0.25, 0.3) is 0 Å². The van der Waals surface area contributed by atoms with Crippen molar-refractivity contribution in [3.05, 3.63) is 29.8 Å². The normalized spacial score (nSPS) is 12.2. The smallest absolute Gasteiger partial charge is 0.234 e. The van der Waals surface area contributed by atoms with Crippen LogP contribution in [-0.4, -0.2) is 31.6 Å². The average Bonchev–Trinajstić information content (AvgIpc) is 2.38. The van der Waals surface area contributed by atoms with Crippen LogP contribution in [0.4, 0.5) is 5.69 Å². The molecule has 1 aromatic carbocycles. The SMILES string of the molecule is CCNC(CCN(CC)c1cccc(C)c1)C(N)=O. The molecule has 1 unspecified atom stereocenters. The highest BCUT2D eigenvalue weighted by atomic mass is 16.1. The number of aryl methyl sites for hydroxylation is 1. The number of primary amides is 1. The van der Waals surface area contributed by atoms with Gasteiger partial charge in [0.1, 0.15) is 0 Å². The molecular formula is C15H25N3O. The van der Waals surface area contributed by atoms with Crippen molar-refractivity contribution < 1.29 is 4.79 Å². The fraction of sp³-hybridized carbons (Fsp3) is 0.533. The van der Waals surface area contributed by atoms with Crippen molar-refractivity contribution in [1.82, 2.24) is 5.32 Å². The van der Waals surface area contributed by atoms with E-state index in [9.17, 15) is 4.79 Å². The van der Waals surface area contributed by atoms with Crippen molar-refractivity contribution in [3.8, 4) is 0 Å².